The van der Waals surface area contributed by atoms with Gasteiger partial charge in [-0.2, -0.15) is 5.10 Å². The lowest BCUT2D eigenvalue weighted by Gasteiger charge is -2.39. The van der Waals surface area contributed by atoms with Crippen molar-refractivity contribution in [3.63, 3.8) is 0 Å². The number of para-hydroxylation sites is 1. The highest BCUT2D eigenvalue weighted by atomic mass is 16.5. The van der Waals surface area contributed by atoms with E-state index in [1.807, 2.05) is 89.2 Å². The summed E-state index contributed by atoms with van der Waals surface area (Å²) in [6, 6.07) is 18.1. The first-order chi connectivity index (χ1) is 24.6. The molecule has 0 radical (unpaired) electrons. The molecule has 3 fully saturated rings. The van der Waals surface area contributed by atoms with E-state index in [1.54, 1.807) is 6.33 Å². The monoisotopic (exact) mass is 683 g/mol. The molecule has 9 nitrogen and oxygen atoms in total. The van der Waals surface area contributed by atoms with E-state index in [-0.39, 0.29) is 0 Å². The van der Waals surface area contributed by atoms with Gasteiger partial charge < -0.3 is 25.6 Å². The van der Waals surface area contributed by atoms with Gasteiger partial charge in [0, 0.05) is 44.8 Å². The minimum absolute atomic E-state index is 0.301. The van der Waals surface area contributed by atoms with Gasteiger partial charge in [-0.05, 0) is 100 Å². The first-order valence-electron chi connectivity index (χ1n) is 19.2. The Bertz CT molecular complexity index is 1530. The van der Waals surface area contributed by atoms with Crippen LogP contribution in [0.2, 0.25) is 0 Å². The number of fused-ring (bicyclic) bond motifs is 1. The summed E-state index contributed by atoms with van der Waals surface area (Å²) in [6.07, 6.45) is 11.7. The zero-order valence-corrected chi connectivity index (χ0v) is 31.5. The first-order valence-corrected chi connectivity index (χ1v) is 19.2. The number of rotatable bonds is 9. The molecule has 0 amide bonds. The summed E-state index contributed by atoms with van der Waals surface area (Å²) in [5.74, 6) is 3.75. The van der Waals surface area contributed by atoms with Gasteiger partial charge >= 0.3 is 0 Å². The van der Waals surface area contributed by atoms with Gasteiger partial charge in [0.05, 0.1) is 11.4 Å². The van der Waals surface area contributed by atoms with Crippen molar-refractivity contribution in [2.75, 3.05) is 58.1 Å². The molecule has 2 aromatic carbocycles. The van der Waals surface area contributed by atoms with Crippen molar-refractivity contribution in [3.05, 3.63) is 73.1 Å². The van der Waals surface area contributed by atoms with E-state index in [1.165, 1.54) is 52.1 Å². The van der Waals surface area contributed by atoms with E-state index in [0.29, 0.717) is 11.9 Å². The molecule has 3 aliphatic heterocycles. The lowest BCUT2D eigenvalue weighted by molar-refractivity contribution is 0.103. The van der Waals surface area contributed by atoms with Crippen LogP contribution in [-0.4, -0.2) is 81.9 Å². The highest BCUT2D eigenvalue weighted by Gasteiger charge is 2.29. The Morgan fingerprint density at radius 1 is 0.800 bits per heavy atom. The van der Waals surface area contributed by atoms with Crippen molar-refractivity contribution >= 4 is 16.9 Å². The molecular weight excluding hydrogens is 621 g/mol. The maximum absolute atomic E-state index is 6.40. The molecule has 3 saturated heterocycles. The second kappa shape index (κ2) is 20.8. The van der Waals surface area contributed by atoms with Gasteiger partial charge in [0.25, 0.3) is 0 Å². The Labute approximate surface area is 301 Å². The molecule has 7 rings (SSSR count). The molecule has 0 bridgehead atoms. The number of nitrogens with two attached hydrogens (primary N) is 1. The smallest absolute Gasteiger partial charge is 0.164 e. The lowest BCUT2D eigenvalue weighted by atomic mass is 9.93. The van der Waals surface area contributed by atoms with Crippen LogP contribution in [0.5, 0.6) is 11.5 Å². The van der Waals surface area contributed by atoms with Gasteiger partial charge in [0.15, 0.2) is 5.65 Å². The van der Waals surface area contributed by atoms with Gasteiger partial charge in [-0.3, -0.25) is 0 Å². The second-order valence-corrected chi connectivity index (χ2v) is 13.0. The van der Waals surface area contributed by atoms with Gasteiger partial charge in [-0.1, -0.05) is 65.0 Å². The predicted molar refractivity (Wildman–Crippen MR) is 210 cm³/mol. The standard InChI is InChI=1S/C32H40N8O.C5H10.2C2H6/c33-31-29-30(25-6-8-28(9-7-25)41-27-4-2-1-3-5-27)37-40(32(29)36-22-35-31)26-12-16-39(17-13-26)20-23-10-14-38(15-11-23)21-24-18-34-19-24;1-3-5-4-2;2*1-2/h1-9,22-24,26,34H,10-21H2,(H2,33,35,36);3,5H,4H2,1-2H3;2*1-2H3/b;5-3-;;. The molecule has 3 N–H and O–H groups in total. The van der Waals surface area contributed by atoms with Gasteiger partial charge in [-0.25, -0.2) is 14.6 Å². The summed E-state index contributed by atoms with van der Waals surface area (Å²) in [4.78, 5) is 14.3. The molecule has 0 aliphatic carbocycles. The van der Waals surface area contributed by atoms with Crippen molar-refractivity contribution in [1.82, 2.24) is 34.9 Å². The molecular formula is C41H62N8O. The van der Waals surface area contributed by atoms with E-state index in [0.717, 1.165) is 78.0 Å². The van der Waals surface area contributed by atoms with Crippen molar-refractivity contribution in [2.24, 2.45) is 11.8 Å². The van der Waals surface area contributed by atoms with Crippen LogP contribution in [0.1, 0.15) is 79.7 Å². The van der Waals surface area contributed by atoms with Crippen LogP contribution in [0, 0.1) is 11.8 Å². The fraction of sp³-hybridized carbons (Fsp3) is 0.537. The molecule has 9 heteroatoms. The van der Waals surface area contributed by atoms with E-state index in [2.05, 4.69) is 48.8 Å². The Hall–Kier alpha value is -3.79. The van der Waals surface area contributed by atoms with Crippen molar-refractivity contribution < 1.29 is 4.74 Å². The van der Waals surface area contributed by atoms with Gasteiger partial charge in [0.1, 0.15) is 29.3 Å². The number of piperidine rings is 2. The normalized spacial score (nSPS) is 17.6. The van der Waals surface area contributed by atoms with E-state index < -0.39 is 0 Å². The third-order valence-electron chi connectivity index (χ3n) is 9.61. The van der Waals surface area contributed by atoms with Crippen molar-refractivity contribution in [1.29, 1.82) is 0 Å². The number of nitrogens with one attached hydrogen (secondary N) is 1. The highest BCUT2D eigenvalue weighted by molar-refractivity contribution is 5.98. The summed E-state index contributed by atoms with van der Waals surface area (Å²) in [7, 11) is 0. The third kappa shape index (κ3) is 10.6. The average molecular weight is 683 g/mol. The predicted octanol–water partition coefficient (Wildman–Crippen LogP) is 8.46. The minimum Gasteiger partial charge on any atom is -0.457 e. The molecule has 3 aliphatic rings. The third-order valence-corrected chi connectivity index (χ3v) is 9.61. The summed E-state index contributed by atoms with van der Waals surface area (Å²) >= 11 is 0. The van der Waals surface area contributed by atoms with Crippen LogP contribution in [0.15, 0.2) is 73.1 Å². The summed E-state index contributed by atoms with van der Waals surface area (Å²) in [5, 5.41) is 9.34. The Morgan fingerprint density at radius 2 is 1.40 bits per heavy atom. The van der Waals surface area contributed by atoms with Crippen LogP contribution < -0.4 is 15.8 Å². The molecule has 0 saturated carbocycles. The number of aromatic nitrogens is 4. The topological polar surface area (TPSA) is 97.4 Å². The number of nitrogens with zero attached hydrogens (tertiary/aromatic N) is 6. The second-order valence-electron chi connectivity index (χ2n) is 13.0. The fourth-order valence-corrected chi connectivity index (χ4v) is 6.90. The average Bonchev–Trinajstić information content (AvgIpc) is 3.55. The first kappa shape index (κ1) is 39.0. The quantitative estimate of drug-likeness (QED) is 0.170. The number of benzene rings is 2. The SMILES string of the molecule is C/C=C\CC.CC.CC.Nc1ncnc2c1c(-c1ccc(Oc3ccccc3)cc1)nn2C1CCN(CC2CCN(CC3CNC3)CC2)CC1. The lowest BCUT2D eigenvalue weighted by Crippen LogP contribution is -2.50. The maximum Gasteiger partial charge on any atom is 0.164 e. The molecule has 272 valence electrons. The molecule has 0 spiro atoms. The molecule has 2 aromatic heterocycles. The van der Waals surface area contributed by atoms with Crippen LogP contribution >= 0.6 is 0 Å². The number of ether oxygens (including phenoxy) is 1. The molecule has 4 aromatic rings. The van der Waals surface area contributed by atoms with Crippen LogP contribution in [0.3, 0.4) is 0 Å². The Morgan fingerprint density at radius 3 is 1.96 bits per heavy atom. The summed E-state index contributed by atoms with van der Waals surface area (Å²) < 4.78 is 8.10. The summed E-state index contributed by atoms with van der Waals surface area (Å²) in [5.41, 5.74) is 9.03. The van der Waals surface area contributed by atoms with E-state index in [9.17, 15) is 0 Å². The number of nitrogen functional groups attached to an aromatic ring is 1. The maximum atomic E-state index is 6.40. The number of allylic oxidation sites excluding steroid dienone is 2. The zero-order chi connectivity index (χ0) is 35.7. The highest BCUT2D eigenvalue weighted by Crippen LogP contribution is 2.35. The molecule has 50 heavy (non-hydrogen) atoms. The van der Waals surface area contributed by atoms with Gasteiger partial charge in [0.2, 0.25) is 0 Å². The summed E-state index contributed by atoms with van der Waals surface area (Å²) in [6.45, 7) is 21.8. The minimum atomic E-state index is 0.301. The fourth-order valence-electron chi connectivity index (χ4n) is 6.90. The van der Waals surface area contributed by atoms with Crippen LogP contribution in [0.4, 0.5) is 5.82 Å². The Balaban J connectivity index is 0.000000567. The van der Waals surface area contributed by atoms with Crippen LogP contribution in [-0.2, 0) is 0 Å². The number of hydrogen-bond acceptors (Lipinski definition) is 8. The number of hydrogen-bond donors (Lipinski definition) is 2. The number of anilines is 1. The number of likely N-dealkylation sites (tertiary alicyclic amines) is 2. The molecule has 0 atom stereocenters. The van der Waals surface area contributed by atoms with E-state index >= 15 is 0 Å². The zero-order valence-electron chi connectivity index (χ0n) is 31.5. The largest absolute Gasteiger partial charge is 0.457 e. The van der Waals surface area contributed by atoms with Crippen LogP contribution in [0.25, 0.3) is 22.3 Å². The molecule has 5 heterocycles. The van der Waals surface area contributed by atoms with Crippen molar-refractivity contribution in [3.8, 4) is 22.8 Å². The molecule has 0 unspecified atom stereocenters. The van der Waals surface area contributed by atoms with E-state index in [4.69, 9.17) is 15.6 Å². The Kier molecular flexibility index (Phi) is 16.2. The van der Waals surface area contributed by atoms with Crippen molar-refractivity contribution in [2.45, 2.75) is 79.7 Å². The van der Waals surface area contributed by atoms with Gasteiger partial charge in [-0.15, -0.1) is 0 Å².